The number of benzene rings is 1. The Labute approximate surface area is 167 Å². The Bertz CT molecular complexity index is 981. The molecule has 0 spiro atoms. The molecule has 0 aliphatic rings. The lowest BCUT2D eigenvalue weighted by molar-refractivity contribution is -0.116. The SMILES string of the molecule is CC(C)CC(=O)Nc1ccc(Oc2ccnc(-c3csc(C(N)=O)c3)c2)cc1. The average Bonchev–Trinajstić information content (AvgIpc) is 3.13. The molecule has 144 valence electrons. The molecular formula is C21H21N3O3S. The molecule has 0 saturated heterocycles. The third kappa shape index (κ3) is 5.17. The van der Waals surface area contributed by atoms with Crippen molar-refractivity contribution in [1.29, 1.82) is 0 Å². The Kier molecular flexibility index (Phi) is 6.06. The van der Waals surface area contributed by atoms with Crippen molar-refractivity contribution < 1.29 is 14.3 Å². The number of nitrogens with one attached hydrogen (secondary N) is 1. The first-order chi connectivity index (χ1) is 13.4. The second-order valence-electron chi connectivity index (χ2n) is 6.71. The summed E-state index contributed by atoms with van der Waals surface area (Å²) in [7, 11) is 0. The van der Waals surface area contributed by atoms with Gasteiger partial charge in [-0.25, -0.2) is 0 Å². The lowest BCUT2D eigenvalue weighted by Gasteiger charge is -2.09. The van der Waals surface area contributed by atoms with Crippen molar-refractivity contribution in [3.63, 3.8) is 0 Å². The number of anilines is 1. The van der Waals surface area contributed by atoms with E-state index in [1.54, 1.807) is 48.7 Å². The van der Waals surface area contributed by atoms with E-state index in [0.29, 0.717) is 34.4 Å². The molecule has 6 nitrogen and oxygen atoms in total. The Morgan fingerprint density at radius 2 is 1.89 bits per heavy atom. The molecule has 3 N–H and O–H groups in total. The number of carbonyl (C=O) groups excluding carboxylic acids is 2. The van der Waals surface area contributed by atoms with Crippen molar-refractivity contribution in [3.05, 3.63) is 58.9 Å². The predicted octanol–water partition coefficient (Wildman–Crippen LogP) is 4.69. The molecule has 0 aliphatic carbocycles. The molecule has 2 heterocycles. The third-order valence-corrected chi connectivity index (χ3v) is 4.78. The molecule has 0 fully saturated rings. The van der Waals surface area contributed by atoms with Crippen LogP contribution < -0.4 is 15.8 Å². The van der Waals surface area contributed by atoms with Crippen LogP contribution in [-0.2, 0) is 4.79 Å². The molecular weight excluding hydrogens is 374 g/mol. The van der Waals surface area contributed by atoms with E-state index in [2.05, 4.69) is 10.3 Å². The highest BCUT2D eigenvalue weighted by Crippen LogP contribution is 2.29. The molecule has 0 saturated carbocycles. The van der Waals surface area contributed by atoms with E-state index >= 15 is 0 Å². The lowest BCUT2D eigenvalue weighted by atomic mass is 10.1. The summed E-state index contributed by atoms with van der Waals surface area (Å²) in [5.74, 6) is 1.11. The topological polar surface area (TPSA) is 94.3 Å². The molecule has 7 heteroatoms. The van der Waals surface area contributed by atoms with Crippen molar-refractivity contribution in [1.82, 2.24) is 4.98 Å². The molecule has 0 bridgehead atoms. The molecule has 28 heavy (non-hydrogen) atoms. The summed E-state index contributed by atoms with van der Waals surface area (Å²) in [6, 6.07) is 12.4. The number of nitrogens with zero attached hydrogens (tertiary/aromatic N) is 1. The van der Waals surface area contributed by atoms with Crippen LogP contribution in [0.25, 0.3) is 11.3 Å². The fourth-order valence-electron chi connectivity index (χ4n) is 2.56. The normalized spacial score (nSPS) is 10.7. The Hall–Kier alpha value is -3.19. The first-order valence-electron chi connectivity index (χ1n) is 8.83. The van der Waals surface area contributed by atoms with Crippen LogP contribution >= 0.6 is 11.3 Å². The molecule has 3 rings (SSSR count). The van der Waals surface area contributed by atoms with Gasteiger partial charge < -0.3 is 15.8 Å². The van der Waals surface area contributed by atoms with E-state index in [-0.39, 0.29) is 5.91 Å². The van der Waals surface area contributed by atoms with Crippen LogP contribution in [0.1, 0.15) is 29.9 Å². The number of hydrogen-bond donors (Lipinski definition) is 2. The van der Waals surface area contributed by atoms with E-state index in [1.165, 1.54) is 11.3 Å². The highest BCUT2D eigenvalue weighted by Gasteiger charge is 2.09. The third-order valence-electron chi connectivity index (χ3n) is 3.84. The zero-order valence-electron chi connectivity index (χ0n) is 15.6. The van der Waals surface area contributed by atoms with Gasteiger partial charge in [-0.15, -0.1) is 11.3 Å². The van der Waals surface area contributed by atoms with E-state index in [1.807, 2.05) is 19.2 Å². The van der Waals surface area contributed by atoms with Crippen LogP contribution in [0.3, 0.4) is 0 Å². The van der Waals surface area contributed by atoms with Gasteiger partial charge in [-0.2, -0.15) is 0 Å². The second kappa shape index (κ2) is 8.67. The highest BCUT2D eigenvalue weighted by atomic mass is 32.1. The van der Waals surface area contributed by atoms with Crippen molar-refractivity contribution in [2.24, 2.45) is 11.7 Å². The maximum Gasteiger partial charge on any atom is 0.258 e. The summed E-state index contributed by atoms with van der Waals surface area (Å²) >= 11 is 1.28. The number of hydrogen-bond acceptors (Lipinski definition) is 5. The zero-order valence-corrected chi connectivity index (χ0v) is 16.5. The van der Waals surface area contributed by atoms with Crippen molar-refractivity contribution in [2.75, 3.05) is 5.32 Å². The number of nitrogens with two attached hydrogens (primary N) is 1. The van der Waals surface area contributed by atoms with Crippen LogP contribution in [0.15, 0.2) is 54.0 Å². The molecule has 2 amide bonds. The molecule has 3 aromatic rings. The van der Waals surface area contributed by atoms with E-state index in [9.17, 15) is 9.59 Å². The Morgan fingerprint density at radius 3 is 2.54 bits per heavy atom. The number of ether oxygens (including phenoxy) is 1. The molecule has 0 aliphatic heterocycles. The fraction of sp³-hybridized carbons (Fsp3) is 0.190. The predicted molar refractivity (Wildman–Crippen MR) is 111 cm³/mol. The van der Waals surface area contributed by atoms with Crippen molar-refractivity contribution in [3.8, 4) is 22.8 Å². The summed E-state index contributed by atoms with van der Waals surface area (Å²) in [4.78, 5) is 27.9. The number of thiophene rings is 1. The maximum absolute atomic E-state index is 11.8. The van der Waals surface area contributed by atoms with Crippen LogP contribution in [0.5, 0.6) is 11.5 Å². The number of pyridine rings is 1. The summed E-state index contributed by atoms with van der Waals surface area (Å²) < 4.78 is 5.88. The standard InChI is InChI=1S/C21H21N3O3S/c1-13(2)9-20(25)24-15-3-5-16(6-4-15)27-17-7-8-23-18(11-17)14-10-19(21(22)26)28-12-14/h3-8,10-13H,9H2,1-2H3,(H2,22,26)(H,24,25). The average molecular weight is 395 g/mol. The monoisotopic (exact) mass is 395 g/mol. The molecule has 0 atom stereocenters. The molecule has 0 radical (unpaired) electrons. The largest absolute Gasteiger partial charge is 0.457 e. The number of amides is 2. The number of carbonyl (C=O) groups is 2. The number of rotatable bonds is 7. The minimum Gasteiger partial charge on any atom is -0.457 e. The van der Waals surface area contributed by atoms with Crippen molar-refractivity contribution in [2.45, 2.75) is 20.3 Å². The molecule has 2 aromatic heterocycles. The first-order valence-corrected chi connectivity index (χ1v) is 9.71. The fourth-order valence-corrected chi connectivity index (χ4v) is 3.31. The van der Waals surface area contributed by atoms with Gasteiger partial charge >= 0.3 is 0 Å². The van der Waals surface area contributed by atoms with Crippen LogP contribution in [0, 0.1) is 5.92 Å². The first kappa shape index (κ1) is 19.6. The van der Waals surface area contributed by atoms with Gasteiger partial charge in [0.25, 0.3) is 5.91 Å². The minimum absolute atomic E-state index is 0.00598. The van der Waals surface area contributed by atoms with Gasteiger partial charge in [0, 0.05) is 35.3 Å². The summed E-state index contributed by atoms with van der Waals surface area (Å²) in [6.07, 6.45) is 2.13. The minimum atomic E-state index is -0.454. The summed E-state index contributed by atoms with van der Waals surface area (Å²) in [5.41, 5.74) is 7.54. The second-order valence-corrected chi connectivity index (χ2v) is 7.62. The Balaban J connectivity index is 1.68. The van der Waals surface area contributed by atoms with Crippen molar-refractivity contribution >= 4 is 28.8 Å². The quantitative estimate of drug-likeness (QED) is 0.607. The lowest BCUT2D eigenvalue weighted by Crippen LogP contribution is -2.13. The van der Waals surface area contributed by atoms with E-state index < -0.39 is 5.91 Å². The smallest absolute Gasteiger partial charge is 0.258 e. The van der Waals surface area contributed by atoms with Gasteiger partial charge in [-0.3, -0.25) is 14.6 Å². The summed E-state index contributed by atoms with van der Waals surface area (Å²) in [5, 5.41) is 4.70. The van der Waals surface area contributed by atoms with Gasteiger partial charge in [0.1, 0.15) is 11.5 Å². The number of aromatic nitrogens is 1. The van der Waals surface area contributed by atoms with Gasteiger partial charge in [-0.05, 0) is 42.3 Å². The zero-order chi connectivity index (χ0) is 20.1. The molecule has 1 aromatic carbocycles. The van der Waals surface area contributed by atoms with Crippen LogP contribution in [-0.4, -0.2) is 16.8 Å². The van der Waals surface area contributed by atoms with E-state index in [0.717, 1.165) is 11.3 Å². The highest BCUT2D eigenvalue weighted by molar-refractivity contribution is 7.12. The Morgan fingerprint density at radius 1 is 1.14 bits per heavy atom. The van der Waals surface area contributed by atoms with Gasteiger partial charge in [0.15, 0.2) is 0 Å². The van der Waals surface area contributed by atoms with E-state index in [4.69, 9.17) is 10.5 Å². The van der Waals surface area contributed by atoms with Gasteiger partial charge in [0.05, 0.1) is 10.6 Å². The number of primary amides is 1. The van der Waals surface area contributed by atoms with Gasteiger partial charge in [-0.1, -0.05) is 13.8 Å². The molecule has 0 unspecified atom stereocenters. The summed E-state index contributed by atoms with van der Waals surface area (Å²) in [6.45, 7) is 4.01. The maximum atomic E-state index is 11.8. The van der Waals surface area contributed by atoms with Gasteiger partial charge in [0.2, 0.25) is 5.91 Å². The van der Waals surface area contributed by atoms with Crippen LogP contribution in [0.2, 0.25) is 0 Å². The van der Waals surface area contributed by atoms with Crippen LogP contribution in [0.4, 0.5) is 5.69 Å².